The average molecular weight is 597 g/mol. The molecule has 4 saturated carbocycles. The summed E-state index contributed by atoms with van der Waals surface area (Å²) in [5, 5.41) is 3.34. The highest BCUT2D eigenvalue weighted by Crippen LogP contribution is 2.65. The van der Waals surface area contributed by atoms with Gasteiger partial charge in [-0.05, 0) is 127 Å². The molecule has 1 N–H and O–H groups in total. The van der Waals surface area contributed by atoms with E-state index in [0.29, 0.717) is 11.3 Å². The number of aliphatic imine (C=N–C) groups is 1. The molecule has 0 unspecified atom stereocenters. The van der Waals surface area contributed by atoms with Gasteiger partial charge in [0.05, 0.1) is 5.69 Å². The highest BCUT2D eigenvalue weighted by atomic mass is 16.5. The molecule has 4 aromatic carbocycles. The number of esters is 1. The number of carbonyl (C=O) groups excluding carboxylic acids is 2. The molecule has 4 aliphatic rings. The number of hydrogen-bond acceptors (Lipinski definition) is 4. The molecular formula is C40H40N2O3. The van der Waals surface area contributed by atoms with Gasteiger partial charge in [0.1, 0.15) is 5.75 Å². The summed E-state index contributed by atoms with van der Waals surface area (Å²) in [5.41, 5.74) is 7.88. The molecule has 4 aliphatic carbocycles. The predicted molar refractivity (Wildman–Crippen MR) is 179 cm³/mol. The maximum atomic E-state index is 13.3. The number of nitrogens with one attached hydrogen (secondary N) is 1. The number of carbonyl (C=O) groups is 2. The molecule has 2 atom stereocenters. The van der Waals surface area contributed by atoms with Crippen molar-refractivity contribution >= 4 is 23.8 Å². The molecule has 1 amide bonds. The van der Waals surface area contributed by atoms with Gasteiger partial charge in [-0.15, -0.1) is 0 Å². The fourth-order valence-electron chi connectivity index (χ4n) is 8.76. The first-order valence-corrected chi connectivity index (χ1v) is 16.2. The van der Waals surface area contributed by atoms with Crippen molar-refractivity contribution in [1.29, 1.82) is 0 Å². The van der Waals surface area contributed by atoms with E-state index in [1.54, 1.807) is 12.1 Å². The average Bonchev–Trinajstić information content (AvgIpc) is 3.03. The van der Waals surface area contributed by atoms with Crippen LogP contribution in [0, 0.1) is 24.2 Å². The van der Waals surface area contributed by atoms with E-state index < -0.39 is 0 Å². The lowest BCUT2D eigenvalue weighted by atomic mass is 9.43. The molecule has 5 heteroatoms. The Kier molecular flexibility index (Phi) is 7.64. The van der Waals surface area contributed by atoms with Crippen molar-refractivity contribution in [3.63, 3.8) is 0 Å². The van der Waals surface area contributed by atoms with Crippen LogP contribution in [0.15, 0.2) is 102 Å². The third-order valence-electron chi connectivity index (χ3n) is 10.3. The lowest BCUT2D eigenvalue weighted by Crippen LogP contribution is -2.57. The van der Waals surface area contributed by atoms with Crippen molar-refractivity contribution in [2.75, 3.05) is 6.54 Å². The van der Waals surface area contributed by atoms with Crippen LogP contribution < -0.4 is 10.1 Å². The van der Waals surface area contributed by atoms with Crippen molar-refractivity contribution in [3.05, 3.63) is 119 Å². The van der Waals surface area contributed by atoms with E-state index in [1.807, 2.05) is 66.9 Å². The molecule has 0 heterocycles. The van der Waals surface area contributed by atoms with E-state index in [-0.39, 0.29) is 22.7 Å². The molecular weight excluding hydrogens is 556 g/mol. The molecule has 0 radical (unpaired) electrons. The Morgan fingerprint density at radius 2 is 1.44 bits per heavy atom. The number of nitrogens with zero attached hydrogens (tertiary/aromatic N) is 1. The zero-order chi connectivity index (χ0) is 31.0. The molecule has 0 aliphatic heterocycles. The van der Waals surface area contributed by atoms with Crippen LogP contribution in [-0.2, 0) is 10.2 Å². The number of benzene rings is 4. The van der Waals surface area contributed by atoms with Crippen LogP contribution in [0.25, 0.3) is 11.1 Å². The zero-order valence-electron chi connectivity index (χ0n) is 26.1. The Morgan fingerprint density at radius 3 is 2.07 bits per heavy atom. The first-order valence-electron chi connectivity index (χ1n) is 16.2. The summed E-state index contributed by atoms with van der Waals surface area (Å²) in [7, 11) is 0. The van der Waals surface area contributed by atoms with Gasteiger partial charge in [-0.25, -0.2) is 0 Å². The molecule has 45 heavy (non-hydrogen) atoms. The van der Waals surface area contributed by atoms with Gasteiger partial charge in [-0.2, -0.15) is 0 Å². The van der Waals surface area contributed by atoms with Gasteiger partial charge in [-0.1, -0.05) is 66.2 Å². The van der Waals surface area contributed by atoms with E-state index in [4.69, 9.17) is 4.74 Å². The van der Waals surface area contributed by atoms with Gasteiger partial charge >= 0.3 is 5.97 Å². The van der Waals surface area contributed by atoms with Crippen LogP contribution in [0.1, 0.15) is 72.5 Å². The lowest BCUT2D eigenvalue weighted by Gasteiger charge is -2.62. The summed E-state index contributed by atoms with van der Waals surface area (Å²) in [6, 6.07) is 32.4. The van der Waals surface area contributed by atoms with Gasteiger partial charge in [0, 0.05) is 25.2 Å². The summed E-state index contributed by atoms with van der Waals surface area (Å²) in [4.78, 5) is 29.0. The monoisotopic (exact) mass is 596 g/mol. The number of rotatable bonds is 8. The smallest absolute Gasteiger partial charge is 0.308 e. The van der Waals surface area contributed by atoms with Crippen LogP contribution in [-0.4, -0.2) is 24.6 Å². The lowest BCUT2D eigenvalue weighted by molar-refractivity contribution is -0.131. The number of amides is 1. The fraction of sp³-hybridized carbons (Fsp3) is 0.325. The van der Waals surface area contributed by atoms with E-state index in [1.165, 1.54) is 56.6 Å². The van der Waals surface area contributed by atoms with Crippen LogP contribution >= 0.6 is 0 Å². The minimum Gasteiger partial charge on any atom is -0.427 e. The maximum Gasteiger partial charge on any atom is 0.308 e. The van der Waals surface area contributed by atoms with Gasteiger partial charge in [0.25, 0.3) is 5.91 Å². The topological polar surface area (TPSA) is 67.8 Å². The van der Waals surface area contributed by atoms with Gasteiger partial charge in [0.2, 0.25) is 0 Å². The Hall–Kier alpha value is -4.51. The maximum absolute atomic E-state index is 13.3. The Balaban J connectivity index is 0.961. The zero-order valence-corrected chi connectivity index (χ0v) is 26.1. The molecule has 0 saturated heterocycles. The highest BCUT2D eigenvalue weighted by molar-refractivity contribution is 5.94. The fourth-order valence-corrected chi connectivity index (χ4v) is 8.76. The highest BCUT2D eigenvalue weighted by Gasteiger charge is 2.58. The number of hydrogen-bond donors (Lipinski definition) is 1. The predicted octanol–water partition coefficient (Wildman–Crippen LogP) is 8.61. The standard InChI is InChI=1S/C40H40N2O3/c1-27-3-13-35(14-4-27)40-22-30-19-31(23-40)21-39(20-30,25-40)26-42-38(44)34-9-15-36(16-10-34)41-24-29-5-7-32(8-6-29)33-11-17-37(18-12-33)45-28(2)43/h3-18,24,30-31H,19-23,25-26H2,1-2H3,(H,42,44)/t30-,31-,39?,40?/m0/s1. The quantitative estimate of drug-likeness (QED) is 0.126. The van der Waals surface area contributed by atoms with E-state index in [0.717, 1.165) is 40.8 Å². The molecule has 4 aromatic rings. The molecule has 228 valence electrons. The van der Waals surface area contributed by atoms with Gasteiger partial charge in [-0.3, -0.25) is 14.6 Å². The second-order valence-electron chi connectivity index (χ2n) is 13.8. The summed E-state index contributed by atoms with van der Waals surface area (Å²) in [5.74, 6) is 1.76. The van der Waals surface area contributed by atoms with E-state index in [2.05, 4.69) is 41.5 Å². The Labute approximate surface area is 265 Å². The Bertz CT molecular complexity index is 1710. The van der Waals surface area contributed by atoms with Crippen LogP contribution in [0.4, 0.5) is 5.69 Å². The van der Waals surface area contributed by atoms with Crippen LogP contribution in [0.2, 0.25) is 0 Å². The minimum absolute atomic E-state index is 0.00198. The van der Waals surface area contributed by atoms with E-state index >= 15 is 0 Å². The SMILES string of the molecule is CC(=O)Oc1ccc(-c2ccc(C=Nc3ccc(C(=O)NCC45C[C@@H]6C[C@@H](C4)CC(c4ccc(C)cc4)(C6)C5)cc3)cc2)cc1. The second kappa shape index (κ2) is 11.8. The molecule has 0 spiro atoms. The molecule has 4 fully saturated rings. The second-order valence-corrected chi connectivity index (χ2v) is 13.8. The first kappa shape index (κ1) is 29.2. The molecule has 5 nitrogen and oxygen atoms in total. The van der Waals surface area contributed by atoms with Crippen LogP contribution in [0.3, 0.4) is 0 Å². The summed E-state index contributed by atoms with van der Waals surface area (Å²) in [6.45, 7) is 4.32. The van der Waals surface area contributed by atoms with Crippen LogP contribution in [0.5, 0.6) is 5.75 Å². The van der Waals surface area contributed by atoms with E-state index in [9.17, 15) is 9.59 Å². The van der Waals surface area contributed by atoms with Crippen molar-refractivity contribution in [1.82, 2.24) is 5.32 Å². The molecule has 4 bridgehead atoms. The summed E-state index contributed by atoms with van der Waals surface area (Å²) >= 11 is 0. The third kappa shape index (κ3) is 6.22. The van der Waals surface area contributed by atoms with Gasteiger partial charge in [0.15, 0.2) is 0 Å². The summed E-state index contributed by atoms with van der Waals surface area (Å²) in [6.07, 6.45) is 9.49. The molecule has 0 aromatic heterocycles. The number of ether oxygens (including phenoxy) is 1. The number of aryl methyl sites for hydroxylation is 1. The van der Waals surface area contributed by atoms with Gasteiger partial charge < -0.3 is 10.1 Å². The largest absolute Gasteiger partial charge is 0.427 e. The normalized spacial score (nSPS) is 24.9. The Morgan fingerprint density at radius 1 is 0.822 bits per heavy atom. The van der Waals surface area contributed by atoms with Crippen molar-refractivity contribution < 1.29 is 14.3 Å². The van der Waals surface area contributed by atoms with Crippen molar-refractivity contribution in [3.8, 4) is 16.9 Å². The van der Waals surface area contributed by atoms with Crippen molar-refractivity contribution in [2.45, 2.75) is 57.8 Å². The van der Waals surface area contributed by atoms with Crippen molar-refractivity contribution in [2.24, 2.45) is 22.2 Å². The first-order chi connectivity index (χ1) is 21.8. The minimum atomic E-state index is -0.330. The summed E-state index contributed by atoms with van der Waals surface area (Å²) < 4.78 is 5.12. The third-order valence-corrected chi connectivity index (χ3v) is 10.3. The molecule has 8 rings (SSSR count).